The van der Waals surface area contributed by atoms with Gasteiger partial charge in [0, 0.05) is 12.2 Å². The highest BCUT2D eigenvalue weighted by Gasteiger charge is 2.27. The Kier molecular flexibility index (Phi) is 5.17. The van der Waals surface area contributed by atoms with Crippen LogP contribution in [0.4, 0.5) is 0 Å². The van der Waals surface area contributed by atoms with Crippen molar-refractivity contribution in [2.24, 2.45) is 0 Å². The predicted molar refractivity (Wildman–Crippen MR) is 76.9 cm³/mol. The topological polar surface area (TPSA) is 75.3 Å². The van der Waals surface area contributed by atoms with Crippen molar-refractivity contribution in [3.8, 4) is 0 Å². The summed E-state index contributed by atoms with van der Waals surface area (Å²) >= 11 is 1.49. The van der Waals surface area contributed by atoms with E-state index in [1.54, 1.807) is 0 Å². The number of amides is 3. The molecule has 1 heterocycles. The second kappa shape index (κ2) is 7.09. The van der Waals surface area contributed by atoms with Crippen molar-refractivity contribution in [1.82, 2.24) is 10.6 Å². The summed E-state index contributed by atoms with van der Waals surface area (Å²) in [5.74, 6) is 0.179. The quantitative estimate of drug-likeness (QED) is 0.789. The monoisotopic (exact) mass is 292 g/mol. The van der Waals surface area contributed by atoms with Crippen LogP contribution < -0.4 is 10.6 Å². The van der Waals surface area contributed by atoms with Crippen LogP contribution in [0.1, 0.15) is 18.4 Å². The van der Waals surface area contributed by atoms with Crippen molar-refractivity contribution in [3.63, 3.8) is 0 Å². The minimum absolute atomic E-state index is 0.180. The van der Waals surface area contributed by atoms with Crippen LogP contribution in [-0.4, -0.2) is 29.5 Å². The normalized spacial score (nSPS) is 18.5. The minimum atomic E-state index is -0.586. The molecule has 0 spiro atoms. The fourth-order valence-electron chi connectivity index (χ4n) is 1.90. The van der Waals surface area contributed by atoms with E-state index < -0.39 is 11.9 Å². The summed E-state index contributed by atoms with van der Waals surface area (Å²) < 4.78 is 0. The van der Waals surface area contributed by atoms with Crippen LogP contribution in [0.25, 0.3) is 0 Å². The van der Waals surface area contributed by atoms with E-state index in [0.29, 0.717) is 12.2 Å². The van der Waals surface area contributed by atoms with Gasteiger partial charge in [0.25, 0.3) is 0 Å². The smallest absolute Gasteiger partial charge is 0.249 e. The number of nitrogens with one attached hydrogen (secondary N) is 2. The first-order chi connectivity index (χ1) is 9.65. The number of hydrogen-bond acceptors (Lipinski definition) is 4. The lowest BCUT2D eigenvalue weighted by atomic mass is 10.1. The van der Waals surface area contributed by atoms with Gasteiger partial charge < -0.3 is 5.32 Å². The third-order valence-electron chi connectivity index (χ3n) is 2.92. The lowest BCUT2D eigenvalue weighted by molar-refractivity contribution is -0.136. The summed E-state index contributed by atoms with van der Waals surface area (Å²) in [6.45, 7) is 0. The maximum absolute atomic E-state index is 11.7. The highest BCUT2D eigenvalue weighted by atomic mass is 32.2. The van der Waals surface area contributed by atoms with Gasteiger partial charge in [0.1, 0.15) is 6.04 Å². The van der Waals surface area contributed by atoms with Crippen molar-refractivity contribution in [2.45, 2.75) is 24.6 Å². The van der Waals surface area contributed by atoms with Gasteiger partial charge >= 0.3 is 0 Å². The van der Waals surface area contributed by atoms with Gasteiger partial charge in [-0.05, 0) is 12.0 Å². The maximum atomic E-state index is 11.7. The van der Waals surface area contributed by atoms with Crippen molar-refractivity contribution in [1.29, 1.82) is 0 Å². The van der Waals surface area contributed by atoms with Gasteiger partial charge in [-0.2, -0.15) is 0 Å². The lowest BCUT2D eigenvalue weighted by Crippen LogP contribution is -2.52. The summed E-state index contributed by atoms with van der Waals surface area (Å²) in [6.07, 6.45) is 0.646. The zero-order chi connectivity index (χ0) is 14.4. The molecule has 2 N–H and O–H groups in total. The molecule has 0 saturated carbocycles. The van der Waals surface area contributed by atoms with Gasteiger partial charge in [0.15, 0.2) is 0 Å². The zero-order valence-corrected chi connectivity index (χ0v) is 11.7. The van der Waals surface area contributed by atoms with Crippen molar-refractivity contribution in [2.75, 3.05) is 5.75 Å². The number of piperidine rings is 1. The van der Waals surface area contributed by atoms with Crippen molar-refractivity contribution < 1.29 is 14.4 Å². The molecule has 0 aliphatic carbocycles. The van der Waals surface area contributed by atoms with Crippen molar-refractivity contribution in [3.05, 3.63) is 35.9 Å². The van der Waals surface area contributed by atoms with Gasteiger partial charge in [-0.1, -0.05) is 30.3 Å². The molecule has 1 atom stereocenters. The van der Waals surface area contributed by atoms with E-state index in [2.05, 4.69) is 10.6 Å². The molecule has 3 amide bonds. The fourth-order valence-corrected chi connectivity index (χ4v) is 2.70. The van der Waals surface area contributed by atoms with E-state index in [-0.39, 0.29) is 18.2 Å². The van der Waals surface area contributed by atoms with Crippen molar-refractivity contribution >= 4 is 29.5 Å². The second-order valence-corrected chi connectivity index (χ2v) is 5.54. The summed E-state index contributed by atoms with van der Waals surface area (Å²) in [7, 11) is 0. The zero-order valence-electron chi connectivity index (χ0n) is 10.9. The van der Waals surface area contributed by atoms with Crippen LogP contribution >= 0.6 is 11.8 Å². The summed E-state index contributed by atoms with van der Waals surface area (Å²) in [6, 6.07) is 9.29. The first-order valence-electron chi connectivity index (χ1n) is 6.40. The summed E-state index contributed by atoms with van der Waals surface area (Å²) in [4.78, 5) is 34.2. The molecule has 1 fully saturated rings. The first-order valence-corrected chi connectivity index (χ1v) is 7.55. The largest absolute Gasteiger partial charge is 0.344 e. The number of thioether (sulfide) groups is 1. The number of benzene rings is 1. The molecule has 2 rings (SSSR count). The first kappa shape index (κ1) is 14.6. The van der Waals surface area contributed by atoms with E-state index in [1.807, 2.05) is 30.3 Å². The highest BCUT2D eigenvalue weighted by Crippen LogP contribution is 2.11. The standard InChI is InChI=1S/C14H16N2O3S/c17-12-7-6-11(14(19)16-12)15-13(18)9-20-8-10-4-2-1-3-5-10/h1-5,11H,6-9H2,(H,15,18)(H,16,17,19). The number of hydrogen-bond donors (Lipinski definition) is 2. The van der Waals surface area contributed by atoms with E-state index in [0.717, 1.165) is 11.3 Å². The second-order valence-electron chi connectivity index (χ2n) is 4.55. The Labute approximate surface area is 121 Å². The molecule has 5 nitrogen and oxygen atoms in total. The SMILES string of the molecule is O=C1CCC(NC(=O)CSCc2ccccc2)C(=O)N1. The molecule has 1 unspecified atom stereocenters. The lowest BCUT2D eigenvalue weighted by Gasteiger charge is -2.21. The Morgan fingerprint density at radius 1 is 1.30 bits per heavy atom. The molecule has 1 aromatic rings. The van der Waals surface area contributed by atoms with E-state index in [1.165, 1.54) is 11.8 Å². The Hall–Kier alpha value is -1.82. The maximum Gasteiger partial charge on any atom is 0.249 e. The summed E-state index contributed by atoms with van der Waals surface area (Å²) in [5, 5.41) is 4.87. The molecule has 1 aromatic carbocycles. The Balaban J connectivity index is 1.70. The van der Waals surface area contributed by atoms with Crippen LogP contribution in [0.5, 0.6) is 0 Å². The third-order valence-corrected chi connectivity index (χ3v) is 3.92. The summed E-state index contributed by atoms with van der Waals surface area (Å²) in [5.41, 5.74) is 1.16. The highest BCUT2D eigenvalue weighted by molar-refractivity contribution is 7.99. The van der Waals surface area contributed by atoms with Gasteiger partial charge in [-0.25, -0.2) is 0 Å². The van der Waals surface area contributed by atoms with Crippen LogP contribution in [0, 0.1) is 0 Å². The molecule has 0 aromatic heterocycles. The Bertz CT molecular complexity index is 504. The fraction of sp³-hybridized carbons (Fsp3) is 0.357. The molecule has 1 aliphatic heterocycles. The van der Waals surface area contributed by atoms with E-state index in [9.17, 15) is 14.4 Å². The number of carbonyl (C=O) groups is 3. The van der Waals surface area contributed by atoms with E-state index in [4.69, 9.17) is 0 Å². The van der Waals surface area contributed by atoms with Gasteiger partial charge in [-0.3, -0.25) is 19.7 Å². The Morgan fingerprint density at radius 2 is 2.05 bits per heavy atom. The molecule has 6 heteroatoms. The van der Waals surface area contributed by atoms with Gasteiger partial charge in [0.2, 0.25) is 17.7 Å². The molecule has 1 saturated heterocycles. The van der Waals surface area contributed by atoms with Crippen LogP contribution in [-0.2, 0) is 20.1 Å². The number of imide groups is 1. The average Bonchev–Trinajstić information content (AvgIpc) is 2.43. The van der Waals surface area contributed by atoms with Crippen LogP contribution in [0.3, 0.4) is 0 Å². The molecular formula is C14H16N2O3S. The van der Waals surface area contributed by atoms with Crippen LogP contribution in [0.2, 0.25) is 0 Å². The number of rotatable bonds is 5. The molecular weight excluding hydrogens is 276 g/mol. The predicted octanol–water partition coefficient (Wildman–Crippen LogP) is 0.841. The minimum Gasteiger partial charge on any atom is -0.344 e. The molecule has 0 bridgehead atoms. The Morgan fingerprint density at radius 3 is 2.75 bits per heavy atom. The molecule has 1 aliphatic rings. The van der Waals surface area contributed by atoms with Gasteiger partial charge in [0.05, 0.1) is 5.75 Å². The average molecular weight is 292 g/mol. The van der Waals surface area contributed by atoms with E-state index >= 15 is 0 Å². The molecule has 20 heavy (non-hydrogen) atoms. The number of carbonyl (C=O) groups excluding carboxylic acids is 3. The third kappa shape index (κ3) is 4.38. The van der Waals surface area contributed by atoms with Gasteiger partial charge in [-0.15, -0.1) is 11.8 Å². The molecule has 106 valence electrons. The molecule has 0 radical (unpaired) electrons. The van der Waals surface area contributed by atoms with Crippen LogP contribution in [0.15, 0.2) is 30.3 Å².